The highest BCUT2D eigenvalue weighted by Crippen LogP contribution is 2.28. The van der Waals surface area contributed by atoms with Gasteiger partial charge in [0.25, 0.3) is 5.91 Å². The zero-order valence-corrected chi connectivity index (χ0v) is 18.6. The van der Waals surface area contributed by atoms with Crippen LogP contribution in [0.5, 0.6) is 5.75 Å². The predicted octanol–water partition coefficient (Wildman–Crippen LogP) is 4.59. The van der Waals surface area contributed by atoms with Gasteiger partial charge in [0, 0.05) is 12.2 Å². The molecule has 1 heterocycles. The number of hydrogen-bond acceptors (Lipinski definition) is 4. The van der Waals surface area contributed by atoms with Crippen molar-refractivity contribution in [1.29, 1.82) is 0 Å². The average molecular weight is 461 g/mol. The van der Waals surface area contributed by atoms with Crippen molar-refractivity contribution in [3.05, 3.63) is 90.2 Å². The van der Waals surface area contributed by atoms with Gasteiger partial charge in [-0.05, 0) is 61.0 Å². The molecule has 8 heteroatoms. The molecule has 7 nitrogen and oxygen atoms in total. The van der Waals surface area contributed by atoms with Crippen LogP contribution in [0, 0.1) is 5.82 Å². The van der Waals surface area contributed by atoms with Crippen LogP contribution in [-0.4, -0.2) is 35.4 Å². The summed E-state index contributed by atoms with van der Waals surface area (Å²) in [4.78, 5) is 41.8. The SMILES string of the molecule is CCOc1ccc(NC(=O)C[C@H]2C(=O)N(c3ccccc3)C(=O)N2Cc2ccc(F)cc2)cc1. The van der Waals surface area contributed by atoms with Crippen molar-refractivity contribution < 1.29 is 23.5 Å². The minimum atomic E-state index is -1.000. The first kappa shape index (κ1) is 23.0. The number of imide groups is 1. The van der Waals surface area contributed by atoms with Gasteiger partial charge >= 0.3 is 6.03 Å². The number of carbonyl (C=O) groups excluding carboxylic acids is 3. The van der Waals surface area contributed by atoms with Crippen LogP contribution < -0.4 is 15.0 Å². The number of anilines is 2. The largest absolute Gasteiger partial charge is 0.494 e. The molecular formula is C26H24FN3O4. The molecule has 1 aliphatic heterocycles. The number of para-hydroxylation sites is 1. The number of hydrogen-bond donors (Lipinski definition) is 1. The van der Waals surface area contributed by atoms with Crippen LogP contribution in [0.15, 0.2) is 78.9 Å². The van der Waals surface area contributed by atoms with E-state index < -0.39 is 29.7 Å². The van der Waals surface area contributed by atoms with Gasteiger partial charge in [-0.25, -0.2) is 14.1 Å². The van der Waals surface area contributed by atoms with Gasteiger partial charge in [-0.2, -0.15) is 0 Å². The quantitative estimate of drug-likeness (QED) is 0.498. The monoisotopic (exact) mass is 461 g/mol. The summed E-state index contributed by atoms with van der Waals surface area (Å²) in [6.07, 6.45) is -0.220. The lowest BCUT2D eigenvalue weighted by atomic mass is 10.1. The zero-order valence-electron chi connectivity index (χ0n) is 18.6. The molecule has 0 radical (unpaired) electrons. The average Bonchev–Trinajstić information content (AvgIpc) is 3.06. The molecule has 0 aromatic heterocycles. The fraction of sp³-hybridized carbons (Fsp3) is 0.192. The van der Waals surface area contributed by atoms with E-state index in [4.69, 9.17) is 4.74 Å². The lowest BCUT2D eigenvalue weighted by Crippen LogP contribution is -2.37. The van der Waals surface area contributed by atoms with Crippen LogP contribution in [0.25, 0.3) is 0 Å². The summed E-state index contributed by atoms with van der Waals surface area (Å²) in [5, 5.41) is 2.77. The molecular weight excluding hydrogens is 437 g/mol. The lowest BCUT2D eigenvalue weighted by molar-refractivity contribution is -0.124. The van der Waals surface area contributed by atoms with Crippen molar-refractivity contribution in [3.63, 3.8) is 0 Å². The third-order valence-electron chi connectivity index (χ3n) is 5.43. The number of nitrogens with zero attached hydrogens (tertiary/aromatic N) is 2. The molecule has 3 aromatic carbocycles. The molecule has 0 unspecified atom stereocenters. The van der Waals surface area contributed by atoms with E-state index in [2.05, 4.69) is 5.32 Å². The number of carbonyl (C=O) groups is 3. The molecule has 0 aliphatic carbocycles. The van der Waals surface area contributed by atoms with Crippen LogP contribution in [-0.2, 0) is 16.1 Å². The Bertz CT molecular complexity index is 1170. The van der Waals surface area contributed by atoms with E-state index in [1.807, 2.05) is 6.92 Å². The number of amides is 4. The second-order valence-corrected chi connectivity index (χ2v) is 7.77. The number of nitrogens with one attached hydrogen (secondary N) is 1. The minimum Gasteiger partial charge on any atom is -0.494 e. The molecule has 4 rings (SSSR count). The second-order valence-electron chi connectivity index (χ2n) is 7.77. The first-order chi connectivity index (χ1) is 16.5. The van der Waals surface area contributed by atoms with Gasteiger partial charge in [-0.3, -0.25) is 9.59 Å². The Morgan fingerprint density at radius 3 is 2.29 bits per heavy atom. The van der Waals surface area contributed by atoms with Gasteiger partial charge in [0.15, 0.2) is 0 Å². The number of halogens is 1. The Morgan fingerprint density at radius 2 is 1.65 bits per heavy atom. The highest BCUT2D eigenvalue weighted by molar-refractivity contribution is 6.22. The first-order valence-electron chi connectivity index (χ1n) is 10.9. The first-order valence-corrected chi connectivity index (χ1v) is 10.9. The van der Waals surface area contributed by atoms with Crippen LogP contribution in [0.2, 0.25) is 0 Å². The Hall–Kier alpha value is -4.20. The number of ether oxygens (including phenoxy) is 1. The third kappa shape index (κ3) is 5.06. The van der Waals surface area contributed by atoms with Gasteiger partial charge in [0.05, 0.1) is 18.7 Å². The number of urea groups is 1. The summed E-state index contributed by atoms with van der Waals surface area (Å²) in [5.41, 5.74) is 1.63. The van der Waals surface area contributed by atoms with Crippen molar-refractivity contribution in [2.75, 3.05) is 16.8 Å². The van der Waals surface area contributed by atoms with E-state index in [1.165, 1.54) is 17.0 Å². The van der Waals surface area contributed by atoms with Gasteiger partial charge < -0.3 is 15.0 Å². The van der Waals surface area contributed by atoms with E-state index in [-0.39, 0.29) is 13.0 Å². The Labute approximate surface area is 196 Å². The van der Waals surface area contributed by atoms with E-state index in [1.54, 1.807) is 66.7 Å². The molecule has 0 spiro atoms. The van der Waals surface area contributed by atoms with Gasteiger partial charge in [0.1, 0.15) is 17.6 Å². The maximum atomic E-state index is 13.3. The summed E-state index contributed by atoms with van der Waals surface area (Å²) >= 11 is 0. The molecule has 4 amide bonds. The summed E-state index contributed by atoms with van der Waals surface area (Å²) in [6, 6.07) is 19.6. The predicted molar refractivity (Wildman–Crippen MR) is 126 cm³/mol. The molecule has 34 heavy (non-hydrogen) atoms. The van der Waals surface area contributed by atoms with Gasteiger partial charge in [-0.1, -0.05) is 30.3 Å². The van der Waals surface area contributed by atoms with Gasteiger partial charge in [0.2, 0.25) is 5.91 Å². The summed E-state index contributed by atoms with van der Waals surface area (Å²) in [6.45, 7) is 2.48. The maximum Gasteiger partial charge on any atom is 0.332 e. The van der Waals surface area contributed by atoms with Crippen molar-refractivity contribution in [2.24, 2.45) is 0 Å². The molecule has 3 aromatic rings. The normalized spacial score (nSPS) is 15.5. The molecule has 174 valence electrons. The Kier molecular flexibility index (Phi) is 6.87. The topological polar surface area (TPSA) is 79.0 Å². The van der Waals surface area contributed by atoms with Gasteiger partial charge in [-0.15, -0.1) is 0 Å². The standard InChI is InChI=1S/C26H24FN3O4/c1-2-34-22-14-12-20(13-15-22)28-24(31)16-23-25(32)30(21-6-4-3-5-7-21)26(33)29(23)17-18-8-10-19(27)11-9-18/h3-15,23H,2,16-17H2,1H3,(H,28,31)/t23-/m0/s1. The third-order valence-corrected chi connectivity index (χ3v) is 5.43. The molecule has 1 aliphatic rings. The van der Waals surface area contributed by atoms with Crippen molar-refractivity contribution in [1.82, 2.24) is 4.90 Å². The molecule has 1 N–H and O–H groups in total. The second kappa shape index (κ2) is 10.2. The van der Waals surface area contributed by atoms with Crippen LogP contribution in [0.3, 0.4) is 0 Å². The highest BCUT2D eigenvalue weighted by Gasteiger charge is 2.46. The Morgan fingerprint density at radius 1 is 0.971 bits per heavy atom. The smallest absolute Gasteiger partial charge is 0.332 e. The van der Waals surface area contributed by atoms with Crippen LogP contribution in [0.1, 0.15) is 18.9 Å². The van der Waals surface area contributed by atoms with E-state index in [0.717, 1.165) is 4.90 Å². The zero-order chi connectivity index (χ0) is 24.1. The van der Waals surface area contributed by atoms with E-state index in [9.17, 15) is 18.8 Å². The minimum absolute atomic E-state index is 0.0647. The molecule has 0 bridgehead atoms. The lowest BCUT2D eigenvalue weighted by Gasteiger charge is -2.21. The fourth-order valence-corrected chi connectivity index (χ4v) is 3.80. The molecule has 1 fully saturated rings. The van der Waals surface area contributed by atoms with E-state index >= 15 is 0 Å². The van der Waals surface area contributed by atoms with Crippen LogP contribution in [0.4, 0.5) is 20.6 Å². The summed E-state index contributed by atoms with van der Waals surface area (Å²) < 4.78 is 18.7. The van der Waals surface area contributed by atoms with Crippen molar-refractivity contribution in [2.45, 2.75) is 25.9 Å². The van der Waals surface area contributed by atoms with Crippen molar-refractivity contribution in [3.8, 4) is 5.75 Å². The van der Waals surface area contributed by atoms with Crippen LogP contribution >= 0.6 is 0 Å². The molecule has 1 atom stereocenters. The highest BCUT2D eigenvalue weighted by atomic mass is 19.1. The fourth-order valence-electron chi connectivity index (χ4n) is 3.80. The molecule has 0 saturated carbocycles. The van der Waals surface area contributed by atoms with E-state index in [0.29, 0.717) is 29.3 Å². The summed E-state index contributed by atoms with van der Waals surface area (Å²) in [7, 11) is 0. The maximum absolute atomic E-state index is 13.3. The Balaban J connectivity index is 1.54. The number of benzene rings is 3. The molecule has 1 saturated heterocycles. The van der Waals surface area contributed by atoms with Crippen molar-refractivity contribution >= 4 is 29.2 Å². The number of rotatable bonds is 8. The summed E-state index contributed by atoms with van der Waals surface area (Å²) in [5.74, 6) is -0.611.